The normalized spacial score (nSPS) is 18.2. The van der Waals surface area contributed by atoms with Crippen LogP contribution >= 0.6 is 0 Å². The topological polar surface area (TPSA) is 55.8 Å². The van der Waals surface area contributed by atoms with E-state index in [1.807, 2.05) is 36.1 Å². The summed E-state index contributed by atoms with van der Waals surface area (Å²) in [5, 5.41) is 8.95. The summed E-state index contributed by atoms with van der Waals surface area (Å²) in [7, 11) is 0. The quantitative estimate of drug-likeness (QED) is 0.789. The van der Waals surface area contributed by atoms with Crippen molar-refractivity contribution in [1.29, 1.82) is 0 Å². The maximum Gasteiger partial charge on any atom is 0.253 e. The number of hydrogen-bond donors (Lipinski definition) is 0. The lowest BCUT2D eigenvalue weighted by Crippen LogP contribution is -2.49. The molecule has 2 aliphatic rings. The highest BCUT2D eigenvalue weighted by atomic mass is 16.2. The van der Waals surface area contributed by atoms with Crippen LogP contribution in [0.5, 0.6) is 0 Å². The van der Waals surface area contributed by atoms with Crippen LogP contribution in [0, 0.1) is 6.92 Å². The average molecular weight is 395 g/mol. The minimum atomic E-state index is 0.112. The highest BCUT2D eigenvalue weighted by molar-refractivity contribution is 5.94. The number of anilines is 2. The molecule has 0 aliphatic carbocycles. The molecule has 0 unspecified atom stereocenters. The predicted molar refractivity (Wildman–Crippen MR) is 116 cm³/mol. The molecule has 0 saturated carbocycles. The lowest BCUT2D eigenvalue weighted by molar-refractivity contribution is 0.0746. The number of aromatic nitrogens is 2. The fourth-order valence-electron chi connectivity index (χ4n) is 4.05. The van der Waals surface area contributed by atoms with Crippen LogP contribution in [-0.4, -0.2) is 84.8 Å². The second kappa shape index (κ2) is 8.78. The van der Waals surface area contributed by atoms with Crippen LogP contribution in [0.1, 0.15) is 22.8 Å². The summed E-state index contributed by atoms with van der Waals surface area (Å²) in [6, 6.07) is 11.9. The van der Waals surface area contributed by atoms with Gasteiger partial charge in [-0.2, -0.15) is 0 Å². The van der Waals surface area contributed by atoms with E-state index >= 15 is 0 Å². The Labute approximate surface area is 172 Å². The third kappa shape index (κ3) is 4.50. The van der Waals surface area contributed by atoms with Crippen molar-refractivity contribution < 1.29 is 4.79 Å². The van der Waals surface area contributed by atoms with Gasteiger partial charge in [0.05, 0.1) is 0 Å². The van der Waals surface area contributed by atoms with Gasteiger partial charge in [-0.1, -0.05) is 24.6 Å². The van der Waals surface area contributed by atoms with Crippen molar-refractivity contribution in [2.24, 2.45) is 0 Å². The lowest BCUT2D eigenvalue weighted by atomic mass is 10.1. The Hall–Kier alpha value is -2.67. The smallest absolute Gasteiger partial charge is 0.253 e. The zero-order valence-corrected chi connectivity index (χ0v) is 17.4. The third-order valence-corrected chi connectivity index (χ3v) is 5.94. The van der Waals surface area contributed by atoms with Crippen molar-refractivity contribution >= 4 is 17.5 Å². The van der Waals surface area contributed by atoms with Crippen molar-refractivity contribution in [1.82, 2.24) is 20.0 Å². The summed E-state index contributed by atoms with van der Waals surface area (Å²) in [4.78, 5) is 21.6. The van der Waals surface area contributed by atoms with E-state index in [1.165, 1.54) is 0 Å². The monoisotopic (exact) mass is 394 g/mol. The van der Waals surface area contributed by atoms with Crippen LogP contribution in [0.4, 0.5) is 11.6 Å². The largest absolute Gasteiger partial charge is 0.353 e. The van der Waals surface area contributed by atoms with E-state index in [4.69, 9.17) is 0 Å². The highest BCUT2D eigenvalue weighted by Gasteiger charge is 2.23. The summed E-state index contributed by atoms with van der Waals surface area (Å²) in [6.07, 6.45) is 0. The van der Waals surface area contributed by atoms with E-state index in [9.17, 15) is 4.79 Å². The van der Waals surface area contributed by atoms with Gasteiger partial charge in [0.2, 0.25) is 0 Å². The van der Waals surface area contributed by atoms with Crippen molar-refractivity contribution in [3.8, 4) is 0 Å². The second-order valence-electron chi connectivity index (χ2n) is 7.82. The molecule has 1 aromatic carbocycles. The van der Waals surface area contributed by atoms with Crippen molar-refractivity contribution in [3.05, 3.63) is 47.5 Å². The molecular weight excluding hydrogens is 364 g/mol. The Morgan fingerprint density at radius 3 is 1.97 bits per heavy atom. The standard InChI is InChI=1S/C22H30N6O/c1-3-25-9-11-26(12-10-25)20-7-8-21(24-23-20)27-13-15-28(16-14-27)22(29)19-6-4-5-18(2)17-19/h4-8,17H,3,9-16H2,1-2H3. The maximum absolute atomic E-state index is 12.7. The number of piperazine rings is 2. The summed E-state index contributed by atoms with van der Waals surface area (Å²) < 4.78 is 0. The lowest BCUT2D eigenvalue weighted by Gasteiger charge is -2.36. The predicted octanol–water partition coefficient (Wildman–Crippen LogP) is 1.89. The van der Waals surface area contributed by atoms with Gasteiger partial charge in [-0.3, -0.25) is 4.79 Å². The zero-order valence-electron chi connectivity index (χ0n) is 17.4. The Balaban J connectivity index is 1.32. The number of carbonyl (C=O) groups excluding carboxylic acids is 1. The van der Waals surface area contributed by atoms with Gasteiger partial charge in [0, 0.05) is 57.9 Å². The molecule has 1 aromatic heterocycles. The molecule has 0 radical (unpaired) electrons. The number of carbonyl (C=O) groups is 1. The Kier molecular flexibility index (Phi) is 5.94. The Morgan fingerprint density at radius 1 is 0.862 bits per heavy atom. The molecule has 7 nitrogen and oxygen atoms in total. The van der Waals surface area contributed by atoms with Crippen LogP contribution < -0.4 is 9.80 Å². The first kappa shape index (κ1) is 19.6. The van der Waals surface area contributed by atoms with Crippen LogP contribution in [0.25, 0.3) is 0 Å². The molecule has 2 saturated heterocycles. The van der Waals surface area contributed by atoms with E-state index in [1.54, 1.807) is 0 Å². The third-order valence-electron chi connectivity index (χ3n) is 5.94. The van der Waals surface area contributed by atoms with E-state index in [2.05, 4.69) is 44.0 Å². The first-order valence-electron chi connectivity index (χ1n) is 10.6. The van der Waals surface area contributed by atoms with Gasteiger partial charge in [0.1, 0.15) is 0 Å². The number of likely N-dealkylation sites (N-methyl/N-ethyl adjacent to an activating group) is 1. The molecule has 0 bridgehead atoms. The second-order valence-corrected chi connectivity index (χ2v) is 7.82. The highest BCUT2D eigenvalue weighted by Crippen LogP contribution is 2.19. The minimum Gasteiger partial charge on any atom is -0.353 e. The van der Waals surface area contributed by atoms with Crippen LogP contribution in [-0.2, 0) is 0 Å². The van der Waals surface area contributed by atoms with E-state index in [0.717, 1.165) is 68.6 Å². The van der Waals surface area contributed by atoms with E-state index < -0.39 is 0 Å². The van der Waals surface area contributed by atoms with Crippen molar-refractivity contribution in [2.45, 2.75) is 13.8 Å². The molecule has 0 atom stereocenters. The molecule has 2 aliphatic heterocycles. The van der Waals surface area contributed by atoms with E-state index in [-0.39, 0.29) is 5.91 Å². The van der Waals surface area contributed by atoms with E-state index in [0.29, 0.717) is 13.1 Å². The molecule has 2 fully saturated rings. The SMILES string of the molecule is CCN1CCN(c2ccc(N3CCN(C(=O)c4cccc(C)c4)CC3)nn2)CC1. The minimum absolute atomic E-state index is 0.112. The molecule has 2 aromatic rings. The summed E-state index contributed by atoms with van der Waals surface area (Å²) in [5.74, 6) is 1.96. The van der Waals surface area contributed by atoms with Crippen molar-refractivity contribution in [3.63, 3.8) is 0 Å². The number of rotatable bonds is 4. The first-order chi connectivity index (χ1) is 14.1. The van der Waals surface area contributed by atoms with Gasteiger partial charge in [0.25, 0.3) is 5.91 Å². The molecule has 0 N–H and O–H groups in total. The number of amides is 1. The summed E-state index contributed by atoms with van der Waals surface area (Å²) >= 11 is 0. The zero-order chi connectivity index (χ0) is 20.2. The molecule has 29 heavy (non-hydrogen) atoms. The van der Waals surface area contributed by atoms with Gasteiger partial charge >= 0.3 is 0 Å². The van der Waals surface area contributed by atoms with Crippen LogP contribution in [0.2, 0.25) is 0 Å². The molecule has 1 amide bonds. The fraction of sp³-hybridized carbons (Fsp3) is 0.500. The molecular formula is C22H30N6O. The van der Waals surface area contributed by atoms with Gasteiger partial charge in [0.15, 0.2) is 11.6 Å². The molecule has 4 rings (SSSR count). The molecule has 154 valence electrons. The van der Waals surface area contributed by atoms with Gasteiger partial charge in [-0.25, -0.2) is 0 Å². The molecule has 3 heterocycles. The average Bonchev–Trinajstić information content (AvgIpc) is 2.79. The molecule has 7 heteroatoms. The Bertz CT molecular complexity index is 823. The molecule has 0 spiro atoms. The van der Waals surface area contributed by atoms with Gasteiger partial charge < -0.3 is 19.6 Å². The maximum atomic E-state index is 12.7. The van der Waals surface area contributed by atoms with Gasteiger partial charge in [-0.15, -0.1) is 10.2 Å². The first-order valence-corrected chi connectivity index (χ1v) is 10.6. The number of nitrogens with zero attached hydrogens (tertiary/aromatic N) is 6. The number of benzene rings is 1. The van der Waals surface area contributed by atoms with Crippen LogP contribution in [0.3, 0.4) is 0 Å². The van der Waals surface area contributed by atoms with Gasteiger partial charge in [-0.05, 0) is 37.7 Å². The summed E-state index contributed by atoms with van der Waals surface area (Å²) in [5.41, 5.74) is 1.88. The Morgan fingerprint density at radius 2 is 1.45 bits per heavy atom. The number of aryl methyl sites for hydroxylation is 1. The fourth-order valence-corrected chi connectivity index (χ4v) is 4.05. The number of hydrogen-bond acceptors (Lipinski definition) is 6. The van der Waals surface area contributed by atoms with Crippen molar-refractivity contribution in [2.75, 3.05) is 68.7 Å². The summed E-state index contributed by atoms with van der Waals surface area (Å²) in [6.45, 7) is 12.5. The van der Waals surface area contributed by atoms with Crippen LogP contribution in [0.15, 0.2) is 36.4 Å².